The summed E-state index contributed by atoms with van der Waals surface area (Å²) in [5.74, 6) is 0.931. The molecule has 2 heterocycles. The first-order valence-corrected chi connectivity index (χ1v) is 17.5. The summed E-state index contributed by atoms with van der Waals surface area (Å²) >= 11 is 5.65. The first-order chi connectivity index (χ1) is 23.1. The smallest absolute Gasteiger partial charge is 0.271 e. The van der Waals surface area contributed by atoms with Crippen molar-refractivity contribution in [3.63, 3.8) is 0 Å². The fourth-order valence-corrected chi connectivity index (χ4v) is 8.45. The summed E-state index contributed by atoms with van der Waals surface area (Å²) in [5, 5.41) is 13.9. The Kier molecular flexibility index (Phi) is 10.1. The largest absolute Gasteiger partial charge is 0.497 e. The van der Waals surface area contributed by atoms with E-state index in [9.17, 15) is 19.7 Å². The number of benzene rings is 4. The van der Waals surface area contributed by atoms with Crippen LogP contribution < -0.4 is 29.7 Å². The van der Waals surface area contributed by atoms with Gasteiger partial charge in [-0.15, -0.1) is 0 Å². The highest BCUT2D eigenvalue weighted by atomic mass is 127. The van der Waals surface area contributed by atoms with Gasteiger partial charge < -0.3 is 14.8 Å². The maximum atomic E-state index is 14.2. The van der Waals surface area contributed by atoms with E-state index in [0.29, 0.717) is 43.4 Å². The Bertz CT molecular complexity index is 2240. The van der Waals surface area contributed by atoms with Crippen molar-refractivity contribution in [3.8, 4) is 11.5 Å². The van der Waals surface area contributed by atoms with Gasteiger partial charge in [-0.2, -0.15) is 0 Å². The second-order valence-electron chi connectivity index (χ2n) is 10.7. The van der Waals surface area contributed by atoms with Crippen molar-refractivity contribution in [2.75, 3.05) is 12.4 Å². The fourth-order valence-electron chi connectivity index (χ4n) is 5.28. The molecule has 0 radical (unpaired) electrons. The average molecular weight is 884 g/mol. The Morgan fingerprint density at radius 3 is 2.42 bits per heavy atom. The number of rotatable bonds is 9. The lowest BCUT2D eigenvalue weighted by Crippen LogP contribution is -2.40. The number of thiazole rings is 1. The molecule has 0 bridgehead atoms. The lowest BCUT2D eigenvalue weighted by molar-refractivity contribution is -0.384. The number of fused-ring (bicyclic) bond motifs is 1. The van der Waals surface area contributed by atoms with Gasteiger partial charge in [0.2, 0.25) is 0 Å². The number of non-ortho nitro benzene ring substituents is 1. The number of carbonyl (C=O) groups is 1. The Balaban J connectivity index is 1.36. The number of aromatic nitrogens is 1. The molecule has 242 valence electrons. The first-order valence-electron chi connectivity index (χ1n) is 14.5. The summed E-state index contributed by atoms with van der Waals surface area (Å²) < 4.78 is 15.3. The Hall–Kier alpha value is -4.35. The van der Waals surface area contributed by atoms with E-state index >= 15 is 0 Å². The first kappa shape index (κ1) is 33.5. The fraction of sp³-hybridized carbons (Fsp3) is 0.114. The number of nitrogens with one attached hydrogen (secondary N) is 1. The summed E-state index contributed by atoms with van der Waals surface area (Å²) in [7, 11) is 1.57. The molecular formula is C35H26I2N4O6S. The third-order valence-electron chi connectivity index (χ3n) is 7.56. The van der Waals surface area contributed by atoms with Crippen LogP contribution in [0.4, 0.5) is 11.4 Å². The van der Waals surface area contributed by atoms with Crippen LogP contribution in [0.3, 0.4) is 0 Å². The average Bonchev–Trinajstić information content (AvgIpc) is 3.37. The second-order valence-corrected chi connectivity index (χ2v) is 14.0. The number of hydrogen-bond acceptors (Lipinski definition) is 8. The molecule has 0 fully saturated rings. The Morgan fingerprint density at radius 2 is 1.75 bits per heavy atom. The van der Waals surface area contributed by atoms with Crippen LogP contribution in [-0.2, 0) is 11.4 Å². The van der Waals surface area contributed by atoms with Gasteiger partial charge in [0.1, 0.15) is 18.1 Å². The van der Waals surface area contributed by atoms with Crippen LogP contribution in [0, 0.1) is 17.3 Å². The van der Waals surface area contributed by atoms with E-state index in [1.165, 1.54) is 23.5 Å². The van der Waals surface area contributed by atoms with Gasteiger partial charge in [0, 0.05) is 17.8 Å². The number of hydrogen-bond donors (Lipinski definition) is 1. The predicted octanol–water partition coefficient (Wildman–Crippen LogP) is 6.58. The molecule has 1 N–H and O–H groups in total. The van der Waals surface area contributed by atoms with Crippen LogP contribution in [0.25, 0.3) is 6.08 Å². The van der Waals surface area contributed by atoms with Gasteiger partial charge in [0.25, 0.3) is 17.2 Å². The Morgan fingerprint density at radius 1 is 1.04 bits per heavy atom. The lowest BCUT2D eigenvalue weighted by Gasteiger charge is -2.25. The number of carbonyl (C=O) groups excluding carboxylic acids is 1. The van der Waals surface area contributed by atoms with Gasteiger partial charge in [0.15, 0.2) is 4.80 Å². The molecule has 0 saturated carbocycles. The van der Waals surface area contributed by atoms with Crippen molar-refractivity contribution in [2.24, 2.45) is 4.99 Å². The van der Waals surface area contributed by atoms with Gasteiger partial charge in [-0.05, 0) is 123 Å². The highest BCUT2D eigenvalue weighted by Gasteiger charge is 2.33. The predicted molar refractivity (Wildman–Crippen MR) is 201 cm³/mol. The number of amides is 1. The molecule has 10 nitrogen and oxygen atoms in total. The molecule has 0 saturated heterocycles. The van der Waals surface area contributed by atoms with E-state index < -0.39 is 11.0 Å². The van der Waals surface area contributed by atoms with E-state index in [1.54, 1.807) is 42.9 Å². The molecule has 1 aromatic heterocycles. The Labute approximate surface area is 305 Å². The van der Waals surface area contributed by atoms with Crippen molar-refractivity contribution in [3.05, 3.63) is 156 Å². The van der Waals surface area contributed by atoms with Crippen molar-refractivity contribution in [1.82, 2.24) is 4.57 Å². The minimum atomic E-state index is -0.738. The lowest BCUT2D eigenvalue weighted by atomic mass is 9.95. The SMILES string of the molecule is COc1cccc([C@@H]2C(C(=O)Nc3ccccc3)=C(C)N=c3s/c(=C\c4cc(I)c(OCc5ccc([N+](=O)[O-])cc5)c(I)c4)c(=O)n32)c1. The summed E-state index contributed by atoms with van der Waals surface area (Å²) in [6.07, 6.45) is 1.82. The molecule has 13 heteroatoms. The van der Waals surface area contributed by atoms with Crippen LogP contribution in [-0.4, -0.2) is 22.5 Å². The summed E-state index contributed by atoms with van der Waals surface area (Å²) in [4.78, 5) is 43.7. The van der Waals surface area contributed by atoms with E-state index in [1.807, 2.05) is 60.7 Å². The van der Waals surface area contributed by atoms with Gasteiger partial charge in [-0.3, -0.25) is 24.3 Å². The molecule has 1 aliphatic heterocycles. The molecule has 0 aliphatic carbocycles. The third kappa shape index (κ3) is 7.07. The number of nitro benzene ring substituents is 1. The maximum absolute atomic E-state index is 14.2. The van der Waals surface area contributed by atoms with Crippen molar-refractivity contribution in [2.45, 2.75) is 19.6 Å². The minimum Gasteiger partial charge on any atom is -0.497 e. The van der Waals surface area contributed by atoms with Crippen LogP contribution in [0.2, 0.25) is 0 Å². The number of para-hydroxylation sites is 1. The van der Waals surface area contributed by atoms with Gasteiger partial charge in [0.05, 0.1) is 41.0 Å². The number of ether oxygens (including phenoxy) is 2. The van der Waals surface area contributed by atoms with Gasteiger partial charge in [-0.25, -0.2) is 4.99 Å². The maximum Gasteiger partial charge on any atom is 0.271 e. The quantitative estimate of drug-likeness (QED) is 0.101. The van der Waals surface area contributed by atoms with Crippen LogP contribution >= 0.6 is 56.5 Å². The molecule has 1 atom stereocenters. The highest BCUT2D eigenvalue weighted by molar-refractivity contribution is 14.1. The summed E-state index contributed by atoms with van der Waals surface area (Å²) in [6.45, 7) is 2.02. The van der Waals surface area contributed by atoms with Crippen molar-refractivity contribution in [1.29, 1.82) is 0 Å². The second kappa shape index (κ2) is 14.4. The van der Waals surface area contributed by atoms with Crippen LogP contribution in [0.1, 0.15) is 29.7 Å². The number of nitro groups is 1. The van der Waals surface area contributed by atoms with E-state index in [4.69, 9.17) is 14.5 Å². The van der Waals surface area contributed by atoms with Gasteiger partial charge >= 0.3 is 0 Å². The number of nitrogens with zero attached hydrogens (tertiary/aromatic N) is 3. The molecule has 6 rings (SSSR count). The minimum absolute atomic E-state index is 0.0224. The normalized spacial score (nSPS) is 14.2. The summed E-state index contributed by atoms with van der Waals surface area (Å²) in [6, 6.07) is 25.9. The molecule has 5 aromatic rings. The highest BCUT2D eigenvalue weighted by Crippen LogP contribution is 2.33. The van der Waals surface area contributed by atoms with Crippen LogP contribution in [0.15, 0.2) is 112 Å². The van der Waals surface area contributed by atoms with E-state index in [-0.39, 0.29) is 23.8 Å². The zero-order valence-corrected chi connectivity index (χ0v) is 30.6. The number of anilines is 1. The van der Waals surface area contributed by atoms with Crippen LogP contribution in [0.5, 0.6) is 11.5 Å². The molecular weight excluding hydrogens is 858 g/mol. The van der Waals surface area contributed by atoms with Crippen molar-refractivity contribution >= 4 is 79.9 Å². The number of methoxy groups -OCH3 is 1. The molecule has 4 aromatic carbocycles. The molecule has 0 spiro atoms. The molecule has 1 aliphatic rings. The topological polar surface area (TPSA) is 125 Å². The zero-order chi connectivity index (χ0) is 33.9. The monoisotopic (exact) mass is 884 g/mol. The number of halogens is 2. The standard InChI is InChI=1S/C35H26I2N4O6S/c1-20-30(33(42)39-24-8-4-3-5-9-24)31(23-7-6-10-26(18-23)46-2)40-34(43)29(48-35(40)38-20)17-22-15-27(36)32(28(37)16-22)47-19-21-11-13-25(14-12-21)41(44)45/h3-18,31H,19H2,1-2H3,(H,39,42)/b29-17-/t31-/m1/s1. The van der Waals surface area contributed by atoms with E-state index in [0.717, 1.165) is 18.3 Å². The zero-order valence-electron chi connectivity index (χ0n) is 25.5. The number of allylic oxidation sites excluding steroid dienone is 1. The van der Waals surface area contributed by atoms with Crippen molar-refractivity contribution < 1.29 is 19.2 Å². The van der Waals surface area contributed by atoms with Gasteiger partial charge in [-0.1, -0.05) is 41.7 Å². The molecule has 48 heavy (non-hydrogen) atoms. The summed E-state index contributed by atoms with van der Waals surface area (Å²) in [5.41, 5.74) is 3.58. The molecule has 1 amide bonds. The van der Waals surface area contributed by atoms with E-state index in [2.05, 4.69) is 50.5 Å². The molecule has 0 unspecified atom stereocenters. The third-order valence-corrected chi connectivity index (χ3v) is 10.1.